The molecule has 2 aromatic carbocycles. The largest absolute Gasteiger partial charge is 0.336 e. The number of benzene rings is 2. The van der Waals surface area contributed by atoms with Gasteiger partial charge in [0.05, 0.1) is 16.9 Å². The van der Waals surface area contributed by atoms with E-state index in [1.807, 2.05) is 24.3 Å². The highest BCUT2D eigenvalue weighted by atomic mass is 32.2. The summed E-state index contributed by atoms with van der Waals surface area (Å²) in [5.74, 6) is -0.341. The number of nitro groups is 1. The van der Waals surface area contributed by atoms with Gasteiger partial charge in [-0.05, 0) is 30.5 Å². The molecule has 148 valence electrons. The second-order valence-electron chi connectivity index (χ2n) is 6.79. The maximum atomic E-state index is 13.1. The van der Waals surface area contributed by atoms with Gasteiger partial charge in [0.25, 0.3) is 5.69 Å². The van der Waals surface area contributed by atoms with Crippen molar-refractivity contribution in [1.29, 1.82) is 0 Å². The second kappa shape index (κ2) is 7.59. The first kappa shape index (κ1) is 19.8. The Morgan fingerprint density at radius 1 is 1.18 bits per heavy atom. The van der Waals surface area contributed by atoms with Crippen molar-refractivity contribution in [2.24, 2.45) is 0 Å². The fraction of sp³-hybridized carbons (Fsp3) is 0.316. The highest BCUT2D eigenvalue weighted by Gasteiger charge is 2.33. The van der Waals surface area contributed by atoms with Crippen molar-refractivity contribution < 1.29 is 18.1 Å². The van der Waals surface area contributed by atoms with Gasteiger partial charge in [0.15, 0.2) is 0 Å². The molecule has 0 radical (unpaired) electrons. The third-order valence-corrected chi connectivity index (χ3v) is 6.05. The lowest BCUT2D eigenvalue weighted by Gasteiger charge is -2.35. The summed E-state index contributed by atoms with van der Waals surface area (Å²) in [6, 6.07) is 12.1. The number of non-ortho nitro benzene ring substituents is 1. The van der Waals surface area contributed by atoms with Gasteiger partial charge in [-0.15, -0.1) is 0 Å². The molecule has 1 aliphatic rings. The van der Waals surface area contributed by atoms with Crippen molar-refractivity contribution in [3.05, 3.63) is 69.8 Å². The van der Waals surface area contributed by atoms with E-state index in [1.165, 1.54) is 30.7 Å². The van der Waals surface area contributed by atoms with E-state index in [0.717, 1.165) is 22.2 Å². The van der Waals surface area contributed by atoms with Gasteiger partial charge in [0.2, 0.25) is 15.9 Å². The Morgan fingerprint density at radius 2 is 1.86 bits per heavy atom. The van der Waals surface area contributed by atoms with Gasteiger partial charge in [-0.1, -0.05) is 30.3 Å². The molecule has 1 heterocycles. The Balaban J connectivity index is 1.90. The Bertz CT molecular complexity index is 1020. The molecule has 9 heteroatoms. The second-order valence-corrected chi connectivity index (χ2v) is 8.65. The number of rotatable bonds is 5. The van der Waals surface area contributed by atoms with Crippen LogP contribution in [0, 0.1) is 10.1 Å². The summed E-state index contributed by atoms with van der Waals surface area (Å²) in [6.07, 6.45) is 1.69. The van der Waals surface area contributed by atoms with Crippen LogP contribution in [0.2, 0.25) is 0 Å². The Hall–Kier alpha value is -2.94. The molecule has 0 saturated carbocycles. The molecular formula is C19H21N3O5S. The van der Waals surface area contributed by atoms with E-state index in [9.17, 15) is 23.3 Å². The average molecular weight is 403 g/mol. The number of sulfonamides is 1. The highest BCUT2D eigenvalue weighted by Crippen LogP contribution is 2.27. The molecule has 0 unspecified atom stereocenters. The zero-order valence-corrected chi connectivity index (χ0v) is 16.4. The lowest BCUT2D eigenvalue weighted by Crippen LogP contribution is -2.50. The minimum absolute atomic E-state index is 0.0926. The summed E-state index contributed by atoms with van der Waals surface area (Å²) in [5.41, 5.74) is 2.07. The molecule has 2 aromatic rings. The van der Waals surface area contributed by atoms with Crippen molar-refractivity contribution in [1.82, 2.24) is 4.90 Å². The van der Waals surface area contributed by atoms with Crippen LogP contribution < -0.4 is 4.31 Å². The van der Waals surface area contributed by atoms with Crippen LogP contribution in [0.25, 0.3) is 0 Å². The minimum Gasteiger partial charge on any atom is -0.336 e. The minimum atomic E-state index is -3.84. The molecule has 1 atom stereocenters. The third-order valence-electron chi connectivity index (χ3n) is 4.80. The molecule has 0 spiro atoms. The van der Waals surface area contributed by atoms with Gasteiger partial charge in [0, 0.05) is 25.2 Å². The molecule has 0 bridgehead atoms. The topological polar surface area (TPSA) is 101 Å². The van der Waals surface area contributed by atoms with Gasteiger partial charge < -0.3 is 4.90 Å². The lowest BCUT2D eigenvalue weighted by molar-refractivity contribution is -0.384. The maximum absolute atomic E-state index is 13.1. The number of nitrogens with zero attached hydrogens (tertiary/aromatic N) is 3. The van der Waals surface area contributed by atoms with Gasteiger partial charge in [0.1, 0.15) is 6.04 Å². The lowest BCUT2D eigenvalue weighted by atomic mass is 9.99. The summed E-state index contributed by atoms with van der Waals surface area (Å²) in [5, 5.41) is 11.1. The number of carbonyl (C=O) groups is 1. The number of fused-ring (bicyclic) bond motifs is 1. The van der Waals surface area contributed by atoms with Gasteiger partial charge in [-0.3, -0.25) is 19.2 Å². The normalized spacial score (nSPS) is 14.9. The molecule has 0 aliphatic carbocycles. The average Bonchev–Trinajstić information content (AvgIpc) is 2.66. The summed E-state index contributed by atoms with van der Waals surface area (Å²) >= 11 is 0. The number of hydrogen-bond donors (Lipinski definition) is 0. The van der Waals surface area contributed by atoms with Crippen molar-refractivity contribution in [3.63, 3.8) is 0 Å². The predicted octanol–water partition coefficient (Wildman–Crippen LogP) is 2.33. The summed E-state index contributed by atoms with van der Waals surface area (Å²) in [4.78, 5) is 25.2. The standard InChI is InChI=1S/C19H21N3O5S/c1-14(19(23)20-11-10-15-6-3-4-7-16(15)13-20)21(28(2,26)27)17-8-5-9-18(12-17)22(24)25/h3-9,12,14H,10-11,13H2,1-2H3/t14-/m1/s1. The number of carbonyl (C=O) groups excluding carboxylic acids is 1. The fourth-order valence-electron chi connectivity index (χ4n) is 3.49. The molecule has 0 N–H and O–H groups in total. The molecular weight excluding hydrogens is 382 g/mol. The molecule has 0 saturated heterocycles. The number of anilines is 1. The van der Waals surface area contributed by atoms with Gasteiger partial charge in [-0.25, -0.2) is 8.42 Å². The first-order valence-corrected chi connectivity index (χ1v) is 10.6. The zero-order valence-electron chi connectivity index (χ0n) is 15.6. The predicted molar refractivity (Wildman–Crippen MR) is 105 cm³/mol. The van der Waals surface area contributed by atoms with E-state index in [1.54, 1.807) is 4.90 Å². The van der Waals surface area contributed by atoms with Crippen LogP contribution in [0.3, 0.4) is 0 Å². The van der Waals surface area contributed by atoms with Crippen LogP contribution in [0.5, 0.6) is 0 Å². The van der Waals surface area contributed by atoms with E-state index in [2.05, 4.69) is 0 Å². The fourth-order valence-corrected chi connectivity index (χ4v) is 4.66. The monoisotopic (exact) mass is 403 g/mol. The Labute approximate surface area is 163 Å². The van der Waals surface area contributed by atoms with Crippen LogP contribution >= 0.6 is 0 Å². The summed E-state index contributed by atoms with van der Waals surface area (Å²) in [6.45, 7) is 2.40. The van der Waals surface area contributed by atoms with Crippen LogP contribution in [-0.4, -0.2) is 43.0 Å². The van der Waals surface area contributed by atoms with E-state index in [-0.39, 0.29) is 17.3 Å². The van der Waals surface area contributed by atoms with Crippen LogP contribution in [-0.2, 0) is 27.8 Å². The van der Waals surface area contributed by atoms with Gasteiger partial charge >= 0.3 is 0 Å². The van der Waals surface area contributed by atoms with E-state index in [4.69, 9.17) is 0 Å². The molecule has 0 aromatic heterocycles. The first-order chi connectivity index (χ1) is 13.2. The third kappa shape index (κ3) is 3.99. The van der Waals surface area contributed by atoms with Gasteiger partial charge in [-0.2, -0.15) is 0 Å². The summed E-state index contributed by atoms with van der Waals surface area (Å²) in [7, 11) is -3.84. The number of amides is 1. The first-order valence-electron chi connectivity index (χ1n) is 8.78. The van der Waals surface area contributed by atoms with Crippen molar-refractivity contribution in [3.8, 4) is 0 Å². The Morgan fingerprint density at radius 3 is 2.50 bits per heavy atom. The van der Waals surface area contributed by atoms with Crippen LogP contribution in [0.15, 0.2) is 48.5 Å². The maximum Gasteiger partial charge on any atom is 0.271 e. The highest BCUT2D eigenvalue weighted by molar-refractivity contribution is 7.92. The van der Waals surface area contributed by atoms with E-state index in [0.29, 0.717) is 19.5 Å². The zero-order chi connectivity index (χ0) is 20.5. The van der Waals surface area contributed by atoms with Crippen molar-refractivity contribution in [2.45, 2.75) is 25.9 Å². The van der Waals surface area contributed by atoms with E-state index < -0.39 is 21.0 Å². The SMILES string of the molecule is C[C@H](C(=O)N1CCc2ccccc2C1)N(c1cccc([N+](=O)[O-])c1)S(C)(=O)=O. The molecule has 0 fully saturated rings. The summed E-state index contributed by atoms with van der Waals surface area (Å²) < 4.78 is 25.8. The Kier molecular flexibility index (Phi) is 5.37. The molecule has 1 aliphatic heterocycles. The van der Waals surface area contributed by atoms with Crippen molar-refractivity contribution >= 4 is 27.3 Å². The van der Waals surface area contributed by atoms with Crippen molar-refractivity contribution in [2.75, 3.05) is 17.1 Å². The number of hydrogen-bond acceptors (Lipinski definition) is 5. The van der Waals surface area contributed by atoms with E-state index >= 15 is 0 Å². The van der Waals surface area contributed by atoms with Crippen LogP contribution in [0.1, 0.15) is 18.1 Å². The number of nitro benzene ring substituents is 1. The van der Waals surface area contributed by atoms with Crippen LogP contribution in [0.4, 0.5) is 11.4 Å². The molecule has 28 heavy (non-hydrogen) atoms. The molecule has 1 amide bonds. The quantitative estimate of drug-likeness (QED) is 0.563. The smallest absolute Gasteiger partial charge is 0.271 e. The molecule has 3 rings (SSSR count). The molecule has 8 nitrogen and oxygen atoms in total.